The second-order valence-electron chi connectivity index (χ2n) is 7.62. The van der Waals surface area contributed by atoms with Gasteiger partial charge in [-0.25, -0.2) is 0 Å². The Bertz CT molecular complexity index is 759. The summed E-state index contributed by atoms with van der Waals surface area (Å²) in [6, 6.07) is 8.94. The van der Waals surface area contributed by atoms with Gasteiger partial charge in [-0.1, -0.05) is 29.8 Å². The van der Waals surface area contributed by atoms with E-state index in [1.165, 1.54) is 30.4 Å². The molecule has 1 aromatic heterocycles. The molecule has 1 atom stereocenters. The Balaban J connectivity index is 1.48. The van der Waals surface area contributed by atoms with Gasteiger partial charge in [0.1, 0.15) is 0 Å². The van der Waals surface area contributed by atoms with Crippen molar-refractivity contribution in [2.75, 3.05) is 19.6 Å². The first-order valence-electron chi connectivity index (χ1n) is 9.87. The Morgan fingerprint density at radius 3 is 2.65 bits per heavy atom. The molecule has 138 valence electrons. The zero-order valence-corrected chi connectivity index (χ0v) is 15.6. The Labute approximate surface area is 155 Å². The van der Waals surface area contributed by atoms with Crippen LogP contribution in [0.3, 0.4) is 0 Å². The van der Waals surface area contributed by atoms with E-state index in [9.17, 15) is 4.79 Å². The van der Waals surface area contributed by atoms with E-state index >= 15 is 0 Å². The highest BCUT2D eigenvalue weighted by atomic mass is 16.1. The van der Waals surface area contributed by atoms with Gasteiger partial charge in [-0.2, -0.15) is 5.10 Å². The van der Waals surface area contributed by atoms with Crippen molar-refractivity contribution < 1.29 is 4.79 Å². The maximum absolute atomic E-state index is 12.8. The standard InChI is InChI=1S/C21H28N4O/c1-15-8-10-16(11-9-15)19(25-12-4-5-13-25)14-22-21(26)20-17-6-2-3-7-18(17)23-24-20/h8-11,19H,2-7,12-14H2,1H3,(H,22,26)(H,23,24). The molecule has 1 saturated heterocycles. The molecule has 2 heterocycles. The number of aryl methyl sites for hydroxylation is 2. The van der Waals surface area contributed by atoms with Crippen LogP contribution >= 0.6 is 0 Å². The van der Waals surface area contributed by atoms with Gasteiger partial charge in [-0.3, -0.25) is 14.8 Å². The highest BCUT2D eigenvalue weighted by molar-refractivity contribution is 5.94. The lowest BCUT2D eigenvalue weighted by molar-refractivity contribution is 0.0932. The molecular formula is C21H28N4O. The summed E-state index contributed by atoms with van der Waals surface area (Å²) in [6.45, 7) is 4.94. The van der Waals surface area contributed by atoms with Gasteiger partial charge in [0.05, 0.1) is 6.04 Å². The maximum atomic E-state index is 12.8. The molecule has 0 bridgehead atoms. The number of hydrogen-bond donors (Lipinski definition) is 2. The normalized spacial score (nSPS) is 18.5. The van der Waals surface area contributed by atoms with Gasteiger partial charge < -0.3 is 5.32 Å². The van der Waals surface area contributed by atoms with E-state index in [0.717, 1.165) is 43.6 Å². The minimum absolute atomic E-state index is 0.0410. The Hall–Kier alpha value is -2.14. The van der Waals surface area contributed by atoms with Crippen molar-refractivity contribution in [2.45, 2.75) is 51.5 Å². The molecular weight excluding hydrogens is 324 g/mol. The summed E-state index contributed by atoms with van der Waals surface area (Å²) in [7, 11) is 0. The molecule has 0 spiro atoms. The van der Waals surface area contributed by atoms with Crippen molar-refractivity contribution in [3.05, 3.63) is 52.3 Å². The molecule has 5 nitrogen and oxygen atoms in total. The third kappa shape index (κ3) is 3.54. The predicted molar refractivity (Wildman–Crippen MR) is 102 cm³/mol. The number of aromatic amines is 1. The summed E-state index contributed by atoms with van der Waals surface area (Å²) in [5, 5.41) is 10.5. The number of carbonyl (C=O) groups is 1. The number of amides is 1. The van der Waals surface area contributed by atoms with E-state index in [2.05, 4.69) is 51.6 Å². The van der Waals surface area contributed by atoms with Gasteiger partial charge >= 0.3 is 0 Å². The molecule has 2 N–H and O–H groups in total. The number of likely N-dealkylation sites (tertiary alicyclic amines) is 1. The van der Waals surface area contributed by atoms with Crippen molar-refractivity contribution in [1.82, 2.24) is 20.4 Å². The quantitative estimate of drug-likeness (QED) is 0.869. The Kier molecular flexibility index (Phi) is 5.07. The lowest BCUT2D eigenvalue weighted by Gasteiger charge is -2.28. The molecule has 0 radical (unpaired) electrons. The van der Waals surface area contributed by atoms with Gasteiger partial charge in [0.2, 0.25) is 0 Å². The molecule has 1 amide bonds. The van der Waals surface area contributed by atoms with E-state index in [1.807, 2.05) is 0 Å². The highest BCUT2D eigenvalue weighted by Crippen LogP contribution is 2.26. The summed E-state index contributed by atoms with van der Waals surface area (Å²) >= 11 is 0. The van der Waals surface area contributed by atoms with E-state index in [0.29, 0.717) is 12.2 Å². The predicted octanol–water partition coefficient (Wildman–Crippen LogP) is 3.16. The Morgan fingerprint density at radius 1 is 1.15 bits per heavy atom. The second kappa shape index (κ2) is 7.62. The zero-order chi connectivity index (χ0) is 17.9. The van der Waals surface area contributed by atoms with Crippen LogP contribution in [0, 0.1) is 6.92 Å². The fraction of sp³-hybridized carbons (Fsp3) is 0.524. The lowest BCUT2D eigenvalue weighted by atomic mass is 9.95. The van der Waals surface area contributed by atoms with E-state index < -0.39 is 0 Å². The first-order chi connectivity index (χ1) is 12.7. The summed E-state index contributed by atoms with van der Waals surface area (Å²) < 4.78 is 0. The number of rotatable bonds is 5. The number of nitrogens with zero attached hydrogens (tertiary/aromatic N) is 2. The monoisotopic (exact) mass is 352 g/mol. The third-order valence-electron chi connectivity index (χ3n) is 5.77. The van der Waals surface area contributed by atoms with Crippen molar-refractivity contribution in [3.63, 3.8) is 0 Å². The summed E-state index contributed by atoms with van der Waals surface area (Å²) in [4.78, 5) is 15.3. The molecule has 4 rings (SSSR count). The lowest BCUT2D eigenvalue weighted by Crippen LogP contribution is -2.37. The Morgan fingerprint density at radius 2 is 1.88 bits per heavy atom. The molecule has 5 heteroatoms. The van der Waals surface area contributed by atoms with Crippen LogP contribution in [0.2, 0.25) is 0 Å². The average molecular weight is 352 g/mol. The number of hydrogen-bond acceptors (Lipinski definition) is 3. The number of carbonyl (C=O) groups excluding carboxylic acids is 1. The molecule has 2 aromatic rings. The van der Waals surface area contributed by atoms with E-state index in [1.54, 1.807) is 0 Å². The average Bonchev–Trinajstić information content (AvgIpc) is 3.33. The third-order valence-corrected chi connectivity index (χ3v) is 5.77. The van der Waals surface area contributed by atoms with Crippen molar-refractivity contribution in [3.8, 4) is 0 Å². The SMILES string of the molecule is Cc1ccc(C(CNC(=O)c2n[nH]c3c2CCCC3)N2CCCC2)cc1. The fourth-order valence-electron chi connectivity index (χ4n) is 4.24. The summed E-state index contributed by atoms with van der Waals surface area (Å²) in [5.41, 5.74) is 5.42. The van der Waals surface area contributed by atoms with Crippen LogP contribution < -0.4 is 5.32 Å². The topological polar surface area (TPSA) is 61.0 Å². The molecule has 1 aromatic carbocycles. The molecule has 26 heavy (non-hydrogen) atoms. The van der Waals surface area contributed by atoms with Crippen LogP contribution in [0.4, 0.5) is 0 Å². The van der Waals surface area contributed by atoms with Crippen LogP contribution in [0.1, 0.15) is 64.6 Å². The van der Waals surface area contributed by atoms with E-state index in [-0.39, 0.29) is 11.9 Å². The summed E-state index contributed by atoms with van der Waals surface area (Å²) in [6.07, 6.45) is 6.77. The summed E-state index contributed by atoms with van der Waals surface area (Å²) in [5.74, 6) is -0.0410. The van der Waals surface area contributed by atoms with E-state index in [4.69, 9.17) is 0 Å². The number of H-pyrrole nitrogens is 1. The number of benzene rings is 1. The molecule has 0 saturated carbocycles. The van der Waals surface area contributed by atoms with Crippen LogP contribution in [0.15, 0.2) is 24.3 Å². The molecule has 1 aliphatic heterocycles. The first kappa shape index (κ1) is 17.3. The largest absolute Gasteiger partial charge is 0.349 e. The molecule has 1 fully saturated rings. The van der Waals surface area contributed by atoms with Crippen LogP contribution in [0.25, 0.3) is 0 Å². The van der Waals surface area contributed by atoms with Crippen LogP contribution in [-0.4, -0.2) is 40.6 Å². The van der Waals surface area contributed by atoms with Crippen LogP contribution in [-0.2, 0) is 12.8 Å². The van der Waals surface area contributed by atoms with Gasteiger partial charge in [0.25, 0.3) is 5.91 Å². The smallest absolute Gasteiger partial charge is 0.272 e. The zero-order valence-electron chi connectivity index (χ0n) is 15.6. The number of aromatic nitrogens is 2. The van der Waals surface area contributed by atoms with Crippen molar-refractivity contribution >= 4 is 5.91 Å². The second-order valence-corrected chi connectivity index (χ2v) is 7.62. The van der Waals surface area contributed by atoms with Gasteiger partial charge in [0.15, 0.2) is 5.69 Å². The minimum atomic E-state index is -0.0410. The number of fused-ring (bicyclic) bond motifs is 1. The molecule has 1 aliphatic carbocycles. The molecule has 2 aliphatic rings. The minimum Gasteiger partial charge on any atom is -0.349 e. The van der Waals surface area contributed by atoms with Crippen molar-refractivity contribution in [1.29, 1.82) is 0 Å². The fourth-order valence-corrected chi connectivity index (χ4v) is 4.24. The van der Waals surface area contributed by atoms with Gasteiger partial charge in [0, 0.05) is 17.8 Å². The first-order valence-corrected chi connectivity index (χ1v) is 9.87. The van der Waals surface area contributed by atoms with Gasteiger partial charge in [-0.15, -0.1) is 0 Å². The van der Waals surface area contributed by atoms with Crippen molar-refractivity contribution in [2.24, 2.45) is 0 Å². The maximum Gasteiger partial charge on any atom is 0.272 e. The number of nitrogens with one attached hydrogen (secondary N) is 2. The molecule has 1 unspecified atom stereocenters. The van der Waals surface area contributed by atoms with Gasteiger partial charge in [-0.05, 0) is 64.1 Å². The van der Waals surface area contributed by atoms with Crippen LogP contribution in [0.5, 0.6) is 0 Å². The highest BCUT2D eigenvalue weighted by Gasteiger charge is 2.26.